The highest BCUT2D eigenvalue weighted by Gasteiger charge is 2.31. The zero-order valence-electron chi connectivity index (χ0n) is 4.87. The van der Waals surface area contributed by atoms with Crippen LogP contribution in [0.3, 0.4) is 0 Å². The summed E-state index contributed by atoms with van der Waals surface area (Å²) in [6.45, 7) is 0. The predicted molar refractivity (Wildman–Crippen MR) is 28.7 cm³/mol. The van der Waals surface area contributed by atoms with Crippen LogP contribution in [0.15, 0.2) is 0 Å². The number of carbonyl (C=O) groups is 2. The molecule has 0 spiro atoms. The van der Waals surface area contributed by atoms with Crippen LogP contribution in [0.2, 0.25) is 0 Å². The quantitative estimate of drug-likeness (QED) is 0.303. The normalized spacial score (nSPS) is 33.0. The van der Waals surface area contributed by atoms with E-state index in [9.17, 15) is 9.59 Å². The summed E-state index contributed by atoms with van der Waals surface area (Å²) in [7, 11) is 0. The molecule has 0 unspecified atom stereocenters. The van der Waals surface area contributed by atoms with Crippen molar-refractivity contribution < 1.29 is 19.8 Å². The minimum Gasteiger partial charge on any atom is -0.379 e. The van der Waals surface area contributed by atoms with Gasteiger partial charge in [-0.2, -0.15) is 0 Å². The van der Waals surface area contributed by atoms with Gasteiger partial charge >= 0.3 is 6.03 Å². The second-order valence-corrected chi connectivity index (χ2v) is 1.85. The lowest BCUT2D eigenvalue weighted by atomic mass is 10.2. The molecule has 4 N–H and O–H groups in total. The van der Waals surface area contributed by atoms with Crippen LogP contribution in [0.4, 0.5) is 4.79 Å². The van der Waals surface area contributed by atoms with E-state index < -0.39 is 24.3 Å². The largest absolute Gasteiger partial charge is 0.379 e. The number of hydrogen-bond acceptors (Lipinski definition) is 4. The molecule has 0 bridgehead atoms. The third kappa shape index (κ3) is 1.07. The summed E-state index contributed by atoms with van der Waals surface area (Å²) in [5.41, 5.74) is 0. The number of hydrogen-bond donors (Lipinski definition) is 4. The molecule has 0 aromatic rings. The fraction of sp³-hybridized carbons (Fsp3) is 0.500. The molecule has 3 amide bonds. The standard InChI is InChI=1S/C4H6N2O4/c7-1-2(8)5-4(10)6-3(1)9/h1-2,7-8H,(H2,5,6,9,10)/t1-,2+/m1/s1. The smallest absolute Gasteiger partial charge is 0.323 e. The lowest BCUT2D eigenvalue weighted by Crippen LogP contribution is -2.60. The number of imide groups is 1. The fourth-order valence-corrected chi connectivity index (χ4v) is 0.579. The van der Waals surface area contributed by atoms with E-state index in [0.29, 0.717) is 0 Å². The summed E-state index contributed by atoms with van der Waals surface area (Å²) in [5.74, 6) is -0.892. The van der Waals surface area contributed by atoms with E-state index in [4.69, 9.17) is 10.2 Å². The molecule has 0 aliphatic carbocycles. The maximum Gasteiger partial charge on any atom is 0.323 e. The van der Waals surface area contributed by atoms with Crippen molar-refractivity contribution in [1.82, 2.24) is 10.6 Å². The molecule has 56 valence electrons. The molecule has 1 saturated heterocycles. The average molecular weight is 146 g/mol. The first-order valence-electron chi connectivity index (χ1n) is 2.59. The van der Waals surface area contributed by atoms with E-state index in [1.165, 1.54) is 0 Å². The topological polar surface area (TPSA) is 98.7 Å². The van der Waals surface area contributed by atoms with Gasteiger partial charge < -0.3 is 15.5 Å². The zero-order chi connectivity index (χ0) is 7.72. The van der Waals surface area contributed by atoms with Crippen LogP contribution in [-0.4, -0.2) is 34.5 Å². The van der Waals surface area contributed by atoms with Crippen molar-refractivity contribution in [2.24, 2.45) is 0 Å². The summed E-state index contributed by atoms with van der Waals surface area (Å²) >= 11 is 0. The molecule has 0 radical (unpaired) electrons. The second kappa shape index (κ2) is 2.24. The Morgan fingerprint density at radius 3 is 2.40 bits per heavy atom. The van der Waals surface area contributed by atoms with E-state index in [1.807, 2.05) is 5.32 Å². The van der Waals surface area contributed by atoms with Crippen molar-refractivity contribution in [3.05, 3.63) is 0 Å². The van der Waals surface area contributed by atoms with Gasteiger partial charge in [-0.15, -0.1) is 0 Å². The predicted octanol–water partition coefficient (Wildman–Crippen LogP) is -2.49. The van der Waals surface area contributed by atoms with Gasteiger partial charge in [-0.1, -0.05) is 0 Å². The van der Waals surface area contributed by atoms with Gasteiger partial charge in [0.05, 0.1) is 0 Å². The van der Waals surface area contributed by atoms with Crippen LogP contribution >= 0.6 is 0 Å². The summed E-state index contributed by atoms with van der Waals surface area (Å²) in [6.07, 6.45) is -3.07. The highest BCUT2D eigenvalue weighted by atomic mass is 16.4. The molecule has 0 aromatic heterocycles. The first kappa shape index (κ1) is 6.97. The maximum absolute atomic E-state index is 10.4. The van der Waals surface area contributed by atoms with Crippen molar-refractivity contribution in [2.75, 3.05) is 0 Å². The highest BCUT2D eigenvalue weighted by Crippen LogP contribution is 1.94. The Kier molecular flexibility index (Phi) is 1.56. The molecule has 0 aromatic carbocycles. The van der Waals surface area contributed by atoms with Crippen molar-refractivity contribution in [1.29, 1.82) is 0 Å². The number of carbonyl (C=O) groups excluding carboxylic acids is 2. The number of urea groups is 1. The molecule has 6 heteroatoms. The lowest BCUT2D eigenvalue weighted by Gasteiger charge is -2.22. The van der Waals surface area contributed by atoms with Crippen molar-refractivity contribution >= 4 is 11.9 Å². The van der Waals surface area contributed by atoms with Gasteiger partial charge in [0.25, 0.3) is 5.91 Å². The fourth-order valence-electron chi connectivity index (χ4n) is 0.579. The first-order valence-corrected chi connectivity index (χ1v) is 2.59. The van der Waals surface area contributed by atoms with Gasteiger partial charge in [0, 0.05) is 0 Å². The van der Waals surface area contributed by atoms with Gasteiger partial charge in [0.2, 0.25) is 0 Å². The van der Waals surface area contributed by atoms with Crippen LogP contribution in [0.25, 0.3) is 0 Å². The molecule has 1 rings (SSSR count). The van der Waals surface area contributed by atoms with Gasteiger partial charge in [0.15, 0.2) is 12.3 Å². The average Bonchev–Trinajstić information content (AvgIpc) is 1.82. The molecule has 1 heterocycles. The summed E-state index contributed by atoms with van der Waals surface area (Å²) < 4.78 is 0. The third-order valence-electron chi connectivity index (χ3n) is 1.08. The van der Waals surface area contributed by atoms with E-state index in [0.717, 1.165) is 0 Å². The Balaban J connectivity index is 2.66. The molecule has 10 heavy (non-hydrogen) atoms. The van der Waals surface area contributed by atoms with Gasteiger partial charge in [0.1, 0.15) is 0 Å². The van der Waals surface area contributed by atoms with Crippen LogP contribution in [0.5, 0.6) is 0 Å². The number of nitrogens with one attached hydrogen (secondary N) is 2. The minimum atomic E-state index is -1.57. The number of amides is 3. The molecule has 1 fully saturated rings. The molecular formula is C4H6N2O4. The number of rotatable bonds is 0. The Labute approximate surface area is 55.8 Å². The molecule has 0 saturated carbocycles. The molecule has 1 aliphatic rings. The van der Waals surface area contributed by atoms with E-state index in [2.05, 4.69) is 0 Å². The highest BCUT2D eigenvalue weighted by molar-refractivity contribution is 5.99. The molecule has 2 atom stereocenters. The number of aliphatic hydroxyl groups excluding tert-OH is 2. The van der Waals surface area contributed by atoms with Crippen molar-refractivity contribution in [2.45, 2.75) is 12.3 Å². The van der Waals surface area contributed by atoms with Gasteiger partial charge in [-0.05, 0) is 0 Å². The summed E-state index contributed by atoms with van der Waals surface area (Å²) in [6, 6.07) is -0.803. The Hall–Kier alpha value is -1.14. The van der Waals surface area contributed by atoms with Gasteiger partial charge in [-0.25, -0.2) is 4.79 Å². The Morgan fingerprint density at radius 2 is 1.90 bits per heavy atom. The Bertz CT molecular complexity index is 180. The van der Waals surface area contributed by atoms with Gasteiger partial charge in [-0.3, -0.25) is 10.1 Å². The van der Waals surface area contributed by atoms with E-state index in [1.54, 1.807) is 5.32 Å². The molecule has 6 nitrogen and oxygen atoms in total. The van der Waals surface area contributed by atoms with Crippen LogP contribution in [0, 0.1) is 0 Å². The second-order valence-electron chi connectivity index (χ2n) is 1.85. The van der Waals surface area contributed by atoms with Crippen molar-refractivity contribution in [3.63, 3.8) is 0 Å². The van der Waals surface area contributed by atoms with Crippen LogP contribution in [-0.2, 0) is 4.79 Å². The zero-order valence-corrected chi connectivity index (χ0v) is 4.87. The third-order valence-corrected chi connectivity index (χ3v) is 1.08. The monoisotopic (exact) mass is 146 g/mol. The van der Waals surface area contributed by atoms with E-state index in [-0.39, 0.29) is 0 Å². The Morgan fingerprint density at radius 1 is 1.30 bits per heavy atom. The van der Waals surface area contributed by atoms with Crippen molar-refractivity contribution in [3.8, 4) is 0 Å². The summed E-state index contributed by atoms with van der Waals surface area (Å²) in [4.78, 5) is 20.7. The van der Waals surface area contributed by atoms with E-state index >= 15 is 0 Å². The minimum absolute atomic E-state index is 0.803. The molecular weight excluding hydrogens is 140 g/mol. The van der Waals surface area contributed by atoms with Crippen LogP contribution in [0.1, 0.15) is 0 Å². The maximum atomic E-state index is 10.4. The van der Waals surface area contributed by atoms with Crippen LogP contribution < -0.4 is 10.6 Å². The summed E-state index contributed by atoms with van der Waals surface area (Å²) in [5, 5.41) is 21.0. The first-order chi connectivity index (χ1) is 4.61. The number of aliphatic hydroxyl groups is 2. The lowest BCUT2D eigenvalue weighted by molar-refractivity contribution is -0.137. The SMILES string of the molecule is O=C1NC(=O)[C@H](O)[C@H](O)N1. The molecule has 1 aliphatic heterocycles.